The van der Waals surface area contributed by atoms with Gasteiger partial charge < -0.3 is 10.5 Å². The Bertz CT molecular complexity index is 886. The topological polar surface area (TPSA) is 93.9 Å². The van der Waals surface area contributed by atoms with Gasteiger partial charge in [0.05, 0.1) is 22.3 Å². The first-order valence-electron chi connectivity index (χ1n) is 8.76. The van der Waals surface area contributed by atoms with Gasteiger partial charge in [-0.25, -0.2) is 0 Å². The highest BCUT2D eigenvalue weighted by molar-refractivity contribution is 6.32. The Balaban J connectivity index is 2.26. The second-order valence-electron chi connectivity index (χ2n) is 7.71. The summed E-state index contributed by atoms with van der Waals surface area (Å²) in [5.41, 5.74) is 7.87. The van der Waals surface area contributed by atoms with E-state index in [1.807, 2.05) is 27.7 Å². The molecule has 6 nitrogen and oxygen atoms in total. The van der Waals surface area contributed by atoms with Crippen LogP contribution in [0.4, 0.5) is 0 Å². The lowest BCUT2D eigenvalue weighted by Crippen LogP contribution is -2.34. The molecular formula is C19H23ClN4O2. The number of nitrogens with zero attached hydrogens (tertiary/aromatic N) is 3. The molecule has 0 saturated carbocycles. The maximum absolute atomic E-state index is 13.0. The molecule has 0 unspecified atom stereocenters. The zero-order valence-electron chi connectivity index (χ0n) is 15.5. The van der Waals surface area contributed by atoms with Crippen molar-refractivity contribution < 1.29 is 9.53 Å². The molecule has 0 saturated heterocycles. The van der Waals surface area contributed by atoms with E-state index in [1.54, 1.807) is 4.68 Å². The molecule has 0 amide bonds. The van der Waals surface area contributed by atoms with Crippen molar-refractivity contribution in [1.29, 1.82) is 5.26 Å². The van der Waals surface area contributed by atoms with Gasteiger partial charge in [0.25, 0.3) is 0 Å². The number of ether oxygens (including phenoxy) is 1. The van der Waals surface area contributed by atoms with Crippen LogP contribution >= 0.6 is 11.6 Å². The highest BCUT2D eigenvalue weighted by Crippen LogP contribution is 2.49. The molecular weight excluding hydrogens is 352 g/mol. The molecule has 26 heavy (non-hydrogen) atoms. The Hall–Kier alpha value is -2.26. The molecule has 138 valence electrons. The van der Waals surface area contributed by atoms with Crippen LogP contribution in [0.5, 0.6) is 0 Å². The van der Waals surface area contributed by atoms with Gasteiger partial charge in [0.15, 0.2) is 5.78 Å². The van der Waals surface area contributed by atoms with E-state index in [0.29, 0.717) is 47.1 Å². The number of nitrogens with two attached hydrogens (primary N) is 1. The van der Waals surface area contributed by atoms with Crippen molar-refractivity contribution in [2.24, 2.45) is 11.1 Å². The minimum atomic E-state index is -0.632. The molecule has 2 heterocycles. The summed E-state index contributed by atoms with van der Waals surface area (Å²) in [6.07, 6.45) is 1.83. The van der Waals surface area contributed by atoms with Gasteiger partial charge >= 0.3 is 0 Å². The fourth-order valence-electron chi connectivity index (χ4n) is 3.79. The number of aromatic nitrogens is 2. The van der Waals surface area contributed by atoms with Crippen LogP contribution < -0.4 is 5.73 Å². The van der Waals surface area contributed by atoms with Crippen molar-refractivity contribution in [3.05, 3.63) is 39.2 Å². The molecule has 1 aromatic heterocycles. The molecule has 0 spiro atoms. The number of nitriles is 1. The zero-order chi connectivity index (χ0) is 19.2. The molecule has 0 fully saturated rings. The summed E-state index contributed by atoms with van der Waals surface area (Å²) in [5, 5.41) is 14.7. The Kier molecular flexibility index (Phi) is 4.61. The van der Waals surface area contributed by atoms with E-state index >= 15 is 0 Å². The molecule has 1 aromatic rings. The van der Waals surface area contributed by atoms with Gasteiger partial charge in [-0.05, 0) is 18.8 Å². The quantitative estimate of drug-likeness (QED) is 0.870. The van der Waals surface area contributed by atoms with Crippen molar-refractivity contribution in [2.75, 3.05) is 0 Å². The summed E-state index contributed by atoms with van der Waals surface area (Å²) in [6.45, 7) is 8.53. The van der Waals surface area contributed by atoms with Gasteiger partial charge in [0, 0.05) is 25.0 Å². The van der Waals surface area contributed by atoms with Crippen LogP contribution in [0.25, 0.3) is 0 Å². The number of hydrogen-bond acceptors (Lipinski definition) is 5. The van der Waals surface area contributed by atoms with Crippen molar-refractivity contribution in [2.45, 2.75) is 59.4 Å². The maximum Gasteiger partial charge on any atom is 0.205 e. The van der Waals surface area contributed by atoms with Crippen LogP contribution in [0.2, 0.25) is 5.02 Å². The Morgan fingerprint density at radius 3 is 2.77 bits per heavy atom. The van der Waals surface area contributed by atoms with Crippen LogP contribution in [0.3, 0.4) is 0 Å². The normalized spacial score (nSPS) is 22.2. The van der Waals surface area contributed by atoms with Gasteiger partial charge in [-0.1, -0.05) is 32.4 Å². The average Bonchev–Trinajstić information content (AvgIpc) is 2.79. The minimum absolute atomic E-state index is 0.0283. The van der Waals surface area contributed by atoms with Crippen LogP contribution in [0.1, 0.15) is 57.3 Å². The Morgan fingerprint density at radius 1 is 1.46 bits per heavy atom. The van der Waals surface area contributed by atoms with E-state index in [2.05, 4.69) is 11.2 Å². The molecule has 0 aromatic carbocycles. The van der Waals surface area contributed by atoms with E-state index in [-0.39, 0.29) is 22.7 Å². The first-order valence-corrected chi connectivity index (χ1v) is 9.14. The molecule has 2 N–H and O–H groups in total. The standard InChI is InChI=1S/C19H23ClN4O2/c1-5-6-24-17(16(20)10(2)23-24)14-11(9-21)18(22)26-13-8-19(3,4)7-12(25)15(13)14/h14H,5-8,22H2,1-4H3/t14-/m1/s1. The molecule has 0 radical (unpaired) electrons. The first-order chi connectivity index (χ1) is 12.2. The molecule has 1 aliphatic heterocycles. The van der Waals surface area contributed by atoms with E-state index in [1.165, 1.54) is 0 Å². The summed E-state index contributed by atoms with van der Waals surface area (Å²) in [7, 11) is 0. The van der Waals surface area contributed by atoms with Gasteiger partial charge in [0.1, 0.15) is 17.4 Å². The van der Waals surface area contributed by atoms with Gasteiger partial charge in [-0.15, -0.1) is 0 Å². The van der Waals surface area contributed by atoms with Crippen LogP contribution in [0, 0.1) is 23.7 Å². The highest BCUT2D eigenvalue weighted by Gasteiger charge is 2.45. The third-order valence-electron chi connectivity index (χ3n) is 4.88. The predicted octanol–water partition coefficient (Wildman–Crippen LogP) is 3.71. The molecule has 1 atom stereocenters. The monoisotopic (exact) mass is 374 g/mol. The minimum Gasteiger partial charge on any atom is -0.444 e. The van der Waals surface area contributed by atoms with Gasteiger partial charge in [-0.2, -0.15) is 10.4 Å². The third-order valence-corrected chi connectivity index (χ3v) is 5.34. The number of rotatable bonds is 3. The molecule has 7 heteroatoms. The van der Waals surface area contributed by atoms with Crippen molar-refractivity contribution >= 4 is 17.4 Å². The van der Waals surface area contributed by atoms with Crippen molar-refractivity contribution in [3.63, 3.8) is 0 Å². The lowest BCUT2D eigenvalue weighted by atomic mass is 9.71. The number of carbonyl (C=O) groups excluding carboxylic acids is 1. The molecule has 2 aliphatic rings. The highest BCUT2D eigenvalue weighted by atomic mass is 35.5. The molecule has 3 rings (SSSR count). The van der Waals surface area contributed by atoms with E-state index in [9.17, 15) is 10.1 Å². The second kappa shape index (κ2) is 6.48. The molecule has 1 aliphatic carbocycles. The average molecular weight is 375 g/mol. The van der Waals surface area contributed by atoms with Crippen LogP contribution in [-0.2, 0) is 16.1 Å². The predicted molar refractivity (Wildman–Crippen MR) is 98.0 cm³/mol. The fraction of sp³-hybridized carbons (Fsp3) is 0.526. The number of ketones is 1. The maximum atomic E-state index is 13.0. The van der Waals surface area contributed by atoms with Crippen LogP contribution in [-0.4, -0.2) is 15.6 Å². The number of carbonyl (C=O) groups is 1. The lowest BCUT2D eigenvalue weighted by Gasteiger charge is -2.37. The summed E-state index contributed by atoms with van der Waals surface area (Å²) in [6, 6.07) is 2.13. The van der Waals surface area contributed by atoms with Crippen molar-refractivity contribution in [1.82, 2.24) is 9.78 Å². The largest absolute Gasteiger partial charge is 0.444 e. The fourth-order valence-corrected chi connectivity index (χ4v) is 4.04. The molecule has 0 bridgehead atoms. The Morgan fingerprint density at radius 2 is 2.15 bits per heavy atom. The number of Topliss-reactive ketones (excluding diaryl/α,β-unsaturated/α-hetero) is 1. The third kappa shape index (κ3) is 2.90. The lowest BCUT2D eigenvalue weighted by molar-refractivity contribution is -0.119. The SMILES string of the molecule is CCCn1nc(C)c(Cl)c1[C@@H]1C(C#N)=C(N)OC2=C1C(=O)CC(C)(C)C2. The van der Waals surface area contributed by atoms with Crippen molar-refractivity contribution in [3.8, 4) is 6.07 Å². The zero-order valence-corrected chi connectivity index (χ0v) is 16.3. The number of halogens is 1. The summed E-state index contributed by atoms with van der Waals surface area (Å²) < 4.78 is 7.51. The van der Waals surface area contributed by atoms with Crippen LogP contribution in [0.15, 0.2) is 22.8 Å². The summed E-state index contributed by atoms with van der Waals surface area (Å²) in [4.78, 5) is 13.0. The number of allylic oxidation sites excluding steroid dienone is 3. The summed E-state index contributed by atoms with van der Waals surface area (Å²) in [5.74, 6) is -0.0718. The first kappa shape index (κ1) is 18.5. The Labute approximate surface area is 158 Å². The number of aryl methyl sites for hydroxylation is 2. The van der Waals surface area contributed by atoms with E-state index in [4.69, 9.17) is 22.1 Å². The number of hydrogen-bond donors (Lipinski definition) is 1. The summed E-state index contributed by atoms with van der Waals surface area (Å²) >= 11 is 6.56. The van der Waals surface area contributed by atoms with Gasteiger partial charge in [-0.3, -0.25) is 9.48 Å². The smallest absolute Gasteiger partial charge is 0.205 e. The second-order valence-corrected chi connectivity index (χ2v) is 8.09. The van der Waals surface area contributed by atoms with E-state index < -0.39 is 5.92 Å². The van der Waals surface area contributed by atoms with Gasteiger partial charge in [0.2, 0.25) is 5.88 Å². The van der Waals surface area contributed by atoms with E-state index in [0.717, 1.165) is 6.42 Å².